The number of halogens is 2. The van der Waals surface area contributed by atoms with Gasteiger partial charge in [-0.25, -0.2) is 21.9 Å². The van der Waals surface area contributed by atoms with Gasteiger partial charge < -0.3 is 9.84 Å². The molecule has 0 spiro atoms. The zero-order chi connectivity index (χ0) is 15.7. The first-order valence-electron chi connectivity index (χ1n) is 6.48. The van der Waals surface area contributed by atoms with Crippen molar-refractivity contribution in [3.8, 4) is 0 Å². The van der Waals surface area contributed by atoms with Gasteiger partial charge in [0.25, 0.3) is 0 Å². The first-order valence-corrected chi connectivity index (χ1v) is 7.97. The topological polar surface area (TPSA) is 75.6 Å². The maximum atomic E-state index is 14.1. The second kappa shape index (κ2) is 5.96. The van der Waals surface area contributed by atoms with Crippen LogP contribution < -0.4 is 4.72 Å². The summed E-state index contributed by atoms with van der Waals surface area (Å²) in [6.45, 7) is 1.62. The zero-order valence-corrected chi connectivity index (χ0v) is 12.3. The molecule has 1 saturated heterocycles. The third-order valence-corrected chi connectivity index (χ3v) is 5.23. The Morgan fingerprint density at radius 1 is 1.33 bits per heavy atom. The highest BCUT2D eigenvalue weighted by Crippen LogP contribution is 2.26. The van der Waals surface area contributed by atoms with Gasteiger partial charge in [-0.05, 0) is 31.9 Å². The van der Waals surface area contributed by atoms with Crippen molar-refractivity contribution in [3.05, 3.63) is 29.3 Å². The lowest BCUT2D eigenvalue weighted by Crippen LogP contribution is -2.49. The minimum absolute atomic E-state index is 0.410. The van der Waals surface area contributed by atoms with E-state index in [4.69, 9.17) is 9.84 Å². The van der Waals surface area contributed by atoms with Crippen molar-refractivity contribution in [2.24, 2.45) is 0 Å². The van der Waals surface area contributed by atoms with Crippen LogP contribution in [0.1, 0.15) is 25.3 Å². The fourth-order valence-electron chi connectivity index (χ4n) is 2.23. The number of nitrogens with one attached hydrogen (secondary N) is 1. The van der Waals surface area contributed by atoms with E-state index in [2.05, 4.69) is 4.72 Å². The number of aliphatic hydroxyl groups is 1. The molecule has 0 radical (unpaired) electrons. The summed E-state index contributed by atoms with van der Waals surface area (Å²) in [5.41, 5.74) is -1.40. The minimum Gasteiger partial charge on any atom is -0.391 e. The van der Waals surface area contributed by atoms with Crippen LogP contribution in [0.25, 0.3) is 0 Å². The highest BCUT2D eigenvalue weighted by molar-refractivity contribution is 7.89. The van der Waals surface area contributed by atoms with Gasteiger partial charge in [-0.3, -0.25) is 0 Å². The molecule has 1 heterocycles. The molecule has 1 aliphatic heterocycles. The van der Waals surface area contributed by atoms with E-state index in [0.29, 0.717) is 26.1 Å². The summed E-state index contributed by atoms with van der Waals surface area (Å²) in [6.07, 6.45) is 0.920. The molecule has 0 aromatic heterocycles. The van der Waals surface area contributed by atoms with Crippen molar-refractivity contribution in [1.29, 1.82) is 0 Å². The summed E-state index contributed by atoms with van der Waals surface area (Å²) in [5, 5.41) is 8.95. The normalized spacial score (nSPS) is 18.7. The van der Waals surface area contributed by atoms with Crippen molar-refractivity contribution in [3.63, 3.8) is 0 Å². The van der Waals surface area contributed by atoms with Gasteiger partial charge in [-0.1, -0.05) is 0 Å². The highest BCUT2D eigenvalue weighted by atomic mass is 32.2. The average molecular weight is 321 g/mol. The first-order chi connectivity index (χ1) is 9.79. The average Bonchev–Trinajstić information content (AvgIpc) is 2.38. The van der Waals surface area contributed by atoms with Gasteiger partial charge in [0.2, 0.25) is 10.0 Å². The fraction of sp³-hybridized carbons (Fsp3) is 0.538. The van der Waals surface area contributed by atoms with Gasteiger partial charge in [0.05, 0.1) is 12.2 Å². The number of hydrogen-bond acceptors (Lipinski definition) is 4. The highest BCUT2D eigenvalue weighted by Gasteiger charge is 2.34. The predicted octanol–water partition coefficient (Wildman–Crippen LogP) is 1.30. The van der Waals surface area contributed by atoms with Gasteiger partial charge in [0, 0.05) is 18.8 Å². The van der Waals surface area contributed by atoms with E-state index >= 15 is 0 Å². The molecule has 5 nitrogen and oxygen atoms in total. The summed E-state index contributed by atoms with van der Waals surface area (Å²) in [4.78, 5) is -0.666. The van der Waals surface area contributed by atoms with Gasteiger partial charge >= 0.3 is 0 Å². The number of sulfonamides is 1. The molecule has 1 aromatic carbocycles. The quantitative estimate of drug-likeness (QED) is 0.876. The molecular formula is C13H17F2NO4S. The van der Waals surface area contributed by atoms with E-state index in [9.17, 15) is 17.2 Å². The number of ether oxygens (including phenoxy) is 1. The second-order valence-electron chi connectivity index (χ2n) is 5.27. The molecule has 8 heteroatoms. The summed E-state index contributed by atoms with van der Waals surface area (Å²) >= 11 is 0. The third kappa shape index (κ3) is 3.39. The Morgan fingerprint density at radius 2 is 1.95 bits per heavy atom. The monoisotopic (exact) mass is 321 g/mol. The zero-order valence-electron chi connectivity index (χ0n) is 11.5. The number of hydrogen-bond donors (Lipinski definition) is 2. The Hall–Kier alpha value is -1.09. The van der Waals surface area contributed by atoms with Crippen molar-refractivity contribution < 1.29 is 27.0 Å². The summed E-state index contributed by atoms with van der Waals surface area (Å²) in [6, 6.07) is 1.68. The fourth-order valence-corrected chi connectivity index (χ4v) is 3.80. The van der Waals surface area contributed by atoms with Crippen LogP contribution in [0, 0.1) is 11.6 Å². The summed E-state index contributed by atoms with van der Waals surface area (Å²) in [7, 11) is -4.16. The Bertz CT molecular complexity index is 627. The lowest BCUT2D eigenvalue weighted by atomic mass is 9.94. The second-order valence-corrected chi connectivity index (χ2v) is 6.93. The number of aliphatic hydroxyl groups excluding tert-OH is 1. The molecule has 0 aliphatic carbocycles. The van der Waals surface area contributed by atoms with E-state index in [1.54, 1.807) is 6.92 Å². The molecule has 0 bridgehead atoms. The molecule has 118 valence electrons. The molecule has 2 rings (SSSR count). The van der Waals surface area contributed by atoms with Crippen LogP contribution >= 0.6 is 0 Å². The Balaban J connectivity index is 2.36. The molecule has 1 aromatic rings. The van der Waals surface area contributed by atoms with Crippen LogP contribution in [0.5, 0.6) is 0 Å². The van der Waals surface area contributed by atoms with Crippen LogP contribution in [0.2, 0.25) is 0 Å². The predicted molar refractivity (Wildman–Crippen MR) is 71.1 cm³/mol. The number of benzene rings is 1. The van der Waals surface area contributed by atoms with Crippen LogP contribution in [0.3, 0.4) is 0 Å². The van der Waals surface area contributed by atoms with E-state index in [1.807, 2.05) is 0 Å². The van der Waals surface area contributed by atoms with E-state index in [1.165, 1.54) is 0 Å². The van der Waals surface area contributed by atoms with Gasteiger partial charge in [-0.2, -0.15) is 0 Å². The molecule has 0 amide bonds. The van der Waals surface area contributed by atoms with E-state index in [-0.39, 0.29) is 0 Å². The lowest BCUT2D eigenvalue weighted by Gasteiger charge is -2.34. The smallest absolute Gasteiger partial charge is 0.243 e. The van der Waals surface area contributed by atoms with Crippen LogP contribution in [0.4, 0.5) is 8.78 Å². The van der Waals surface area contributed by atoms with Crippen molar-refractivity contribution in [2.75, 3.05) is 13.2 Å². The maximum absolute atomic E-state index is 14.1. The maximum Gasteiger partial charge on any atom is 0.243 e. The van der Waals surface area contributed by atoms with Crippen molar-refractivity contribution in [2.45, 2.75) is 36.8 Å². The molecule has 2 N–H and O–H groups in total. The third-order valence-electron chi connectivity index (χ3n) is 3.58. The van der Waals surface area contributed by atoms with E-state index < -0.39 is 44.3 Å². The molecule has 0 saturated carbocycles. The number of rotatable bonds is 4. The SMILES string of the molecule is CC1(NS(=O)(=O)c2ccc(F)c(CO)c2F)CCOCC1. The van der Waals surface area contributed by atoms with Gasteiger partial charge in [0.15, 0.2) is 5.82 Å². The minimum atomic E-state index is -4.16. The Kier molecular flexibility index (Phi) is 4.62. The van der Waals surface area contributed by atoms with Crippen molar-refractivity contribution in [1.82, 2.24) is 4.72 Å². The van der Waals surface area contributed by atoms with Crippen LogP contribution in [0.15, 0.2) is 17.0 Å². The molecule has 1 fully saturated rings. The molecule has 1 aliphatic rings. The largest absolute Gasteiger partial charge is 0.391 e. The summed E-state index contributed by atoms with van der Waals surface area (Å²) in [5.74, 6) is -2.24. The molecule has 0 unspecified atom stereocenters. The Morgan fingerprint density at radius 3 is 2.52 bits per heavy atom. The molecular weight excluding hydrogens is 304 g/mol. The standard InChI is InChI=1S/C13H17F2NO4S/c1-13(4-6-20-7-5-13)16-21(18,19)11-3-2-10(14)9(8-17)12(11)15/h2-3,16-17H,4-8H2,1H3. The first kappa shape index (κ1) is 16.3. The van der Waals surface area contributed by atoms with Crippen LogP contribution in [-0.2, 0) is 21.4 Å². The molecule has 21 heavy (non-hydrogen) atoms. The Labute approximate surface area is 122 Å². The van der Waals surface area contributed by atoms with Gasteiger partial charge in [-0.15, -0.1) is 0 Å². The van der Waals surface area contributed by atoms with E-state index in [0.717, 1.165) is 12.1 Å². The molecule has 0 atom stereocenters. The van der Waals surface area contributed by atoms with Crippen LogP contribution in [-0.4, -0.2) is 32.3 Å². The lowest BCUT2D eigenvalue weighted by molar-refractivity contribution is 0.0537. The summed E-state index contributed by atoms with van der Waals surface area (Å²) < 4.78 is 59.6. The van der Waals surface area contributed by atoms with Gasteiger partial charge in [0.1, 0.15) is 10.7 Å². The van der Waals surface area contributed by atoms with Crippen molar-refractivity contribution >= 4 is 10.0 Å².